The van der Waals surface area contributed by atoms with Crippen molar-refractivity contribution in [2.45, 2.75) is 32.6 Å². The molecule has 0 saturated carbocycles. The Labute approximate surface area is 146 Å². The van der Waals surface area contributed by atoms with Crippen LogP contribution in [-0.4, -0.2) is 53.2 Å². The van der Waals surface area contributed by atoms with Gasteiger partial charge >= 0.3 is 31.0 Å². The zero-order valence-corrected chi connectivity index (χ0v) is 16.5. The number of hydrogen-bond donors (Lipinski definition) is 4. The summed E-state index contributed by atoms with van der Waals surface area (Å²) in [6.45, 7) is 6.46. The Balaban J connectivity index is -0.000000260. The third-order valence-electron chi connectivity index (χ3n) is 1.51. The SMILES string of the molecule is C=CCC(O)(S)C(=O)[O-].C=CCC(O)(S)C(=O)[O-].[CH3][Sn+2][CH3]. The summed E-state index contributed by atoms with van der Waals surface area (Å²) in [5.74, 6) is -3.21. The van der Waals surface area contributed by atoms with Gasteiger partial charge in [-0.05, 0) is 0 Å². The number of rotatable bonds is 6. The fourth-order valence-corrected chi connectivity index (χ4v) is 0.827. The second-order valence-corrected chi connectivity index (χ2v) is 8.03. The summed E-state index contributed by atoms with van der Waals surface area (Å²) in [6, 6.07) is 0. The molecule has 0 aliphatic carbocycles. The Kier molecular flexibility index (Phi) is 16.6. The van der Waals surface area contributed by atoms with E-state index in [2.05, 4.69) is 48.3 Å². The van der Waals surface area contributed by atoms with Crippen LogP contribution in [0.15, 0.2) is 25.3 Å². The molecule has 0 bridgehead atoms. The quantitative estimate of drug-likeness (QED) is 0.175. The van der Waals surface area contributed by atoms with Crippen molar-refractivity contribution in [1.82, 2.24) is 0 Å². The minimum atomic E-state index is -2.07. The van der Waals surface area contributed by atoms with E-state index in [9.17, 15) is 19.8 Å². The summed E-state index contributed by atoms with van der Waals surface area (Å²) in [5, 5.41) is 37.3. The Morgan fingerprint density at radius 3 is 1.29 bits per heavy atom. The Morgan fingerprint density at radius 1 is 1.05 bits per heavy atom. The zero-order valence-electron chi connectivity index (χ0n) is 11.9. The predicted octanol–water partition coefficient (Wildman–Crippen LogP) is -1.35. The molecule has 21 heavy (non-hydrogen) atoms. The molecule has 2 N–H and O–H groups in total. The molecule has 0 saturated heterocycles. The molecule has 0 fully saturated rings. The van der Waals surface area contributed by atoms with Crippen LogP contribution < -0.4 is 10.2 Å². The Bertz CT molecular complexity index is 313. The third kappa shape index (κ3) is 16.0. The topological polar surface area (TPSA) is 121 Å². The molecule has 0 aromatic rings. The van der Waals surface area contributed by atoms with Gasteiger partial charge in [0.15, 0.2) is 9.87 Å². The standard InChI is InChI=1S/2C5H8O3S.2CH3.Sn/c2*1-2-3-5(8,9)4(6)7;;;/h2*2,8-9H,1,3H2,(H,6,7);2*1H3;/q;;;;+2/p-2. The molecule has 0 aliphatic heterocycles. The second-order valence-electron chi connectivity index (χ2n) is 3.69. The Hall–Kier alpha value is -0.161. The molecule has 9 heteroatoms. The average Bonchev–Trinajstić information content (AvgIpc) is 2.30. The molecule has 0 amide bonds. The number of carbonyl (C=O) groups excluding carboxylic acids is 2. The number of aliphatic hydroxyl groups is 2. The Morgan fingerprint density at radius 2 is 1.24 bits per heavy atom. The molecule has 2 atom stereocenters. The first kappa shape index (κ1) is 25.8. The number of carbonyl (C=O) groups is 2. The normalized spacial score (nSPS) is 14.4. The molecule has 0 heterocycles. The van der Waals surface area contributed by atoms with Crippen molar-refractivity contribution < 1.29 is 30.0 Å². The average molecular weight is 443 g/mol. The van der Waals surface area contributed by atoms with Crippen molar-refractivity contribution in [2.24, 2.45) is 0 Å². The fourth-order valence-electron chi connectivity index (χ4n) is 0.569. The van der Waals surface area contributed by atoms with Crippen molar-refractivity contribution in [1.29, 1.82) is 0 Å². The first-order valence-electron chi connectivity index (χ1n) is 5.55. The first-order chi connectivity index (χ1) is 9.42. The van der Waals surface area contributed by atoms with Gasteiger partial charge in [0.1, 0.15) is 0 Å². The van der Waals surface area contributed by atoms with Gasteiger partial charge in [-0.1, -0.05) is 12.2 Å². The van der Waals surface area contributed by atoms with Crippen LogP contribution in [0.3, 0.4) is 0 Å². The summed E-state index contributed by atoms with van der Waals surface area (Å²) in [7, 11) is 0. The van der Waals surface area contributed by atoms with Crippen molar-refractivity contribution in [3.8, 4) is 0 Å². The van der Waals surface area contributed by atoms with Crippen LogP contribution in [0, 0.1) is 0 Å². The molecule has 0 aliphatic rings. The molecule has 120 valence electrons. The zero-order chi connectivity index (χ0) is 17.7. The number of thiol groups is 2. The predicted molar refractivity (Wildman–Crippen MR) is 85.0 cm³/mol. The van der Waals surface area contributed by atoms with Gasteiger partial charge in [-0.25, -0.2) is 0 Å². The summed E-state index contributed by atoms with van der Waals surface area (Å²) in [6.07, 6.45) is 2.25. The maximum absolute atomic E-state index is 9.93. The monoisotopic (exact) mass is 444 g/mol. The second kappa shape index (κ2) is 13.5. The van der Waals surface area contributed by atoms with Crippen molar-refractivity contribution in [3.63, 3.8) is 0 Å². The van der Waals surface area contributed by atoms with E-state index in [1.807, 2.05) is 0 Å². The molecule has 0 rings (SSSR count). The van der Waals surface area contributed by atoms with Crippen LogP contribution in [-0.2, 0) is 9.59 Å². The third-order valence-corrected chi connectivity index (χ3v) is 2.24. The van der Waals surface area contributed by atoms with Gasteiger partial charge in [-0.15, -0.1) is 38.4 Å². The van der Waals surface area contributed by atoms with E-state index in [1.165, 1.54) is 12.2 Å². The molecule has 0 radical (unpaired) electrons. The van der Waals surface area contributed by atoms with Crippen LogP contribution in [0.5, 0.6) is 0 Å². The van der Waals surface area contributed by atoms with Gasteiger partial charge in [0.25, 0.3) is 0 Å². The van der Waals surface area contributed by atoms with Gasteiger partial charge < -0.3 is 30.0 Å². The fraction of sp³-hybridized carbons (Fsp3) is 0.500. The van der Waals surface area contributed by atoms with E-state index in [0.717, 1.165) is 0 Å². The van der Waals surface area contributed by atoms with E-state index < -0.39 is 21.8 Å². The number of carboxylic acids is 2. The van der Waals surface area contributed by atoms with Crippen LogP contribution in [0.2, 0.25) is 9.88 Å². The number of aliphatic carboxylic acids is 2. The van der Waals surface area contributed by atoms with Gasteiger partial charge in [-0.2, -0.15) is 0 Å². The molecule has 2 unspecified atom stereocenters. The maximum atomic E-state index is 9.93. The summed E-state index contributed by atoms with van der Waals surface area (Å²) in [5.41, 5.74) is 0. The summed E-state index contributed by atoms with van der Waals surface area (Å²) < 4.78 is 0. The van der Waals surface area contributed by atoms with E-state index >= 15 is 0 Å². The molecular formula is C12H20O6S2Sn. The first-order valence-corrected chi connectivity index (χ1v) is 12.2. The van der Waals surface area contributed by atoms with Crippen LogP contribution >= 0.6 is 25.3 Å². The van der Waals surface area contributed by atoms with E-state index in [4.69, 9.17) is 10.2 Å². The van der Waals surface area contributed by atoms with Gasteiger partial charge in [0.05, 0.1) is 11.9 Å². The number of hydrogen-bond acceptors (Lipinski definition) is 8. The van der Waals surface area contributed by atoms with Crippen molar-refractivity contribution in [3.05, 3.63) is 25.3 Å². The molecule has 0 aromatic heterocycles. The van der Waals surface area contributed by atoms with Crippen molar-refractivity contribution >= 4 is 58.3 Å². The van der Waals surface area contributed by atoms with Gasteiger partial charge in [0, 0.05) is 12.8 Å². The molecule has 0 aromatic carbocycles. The van der Waals surface area contributed by atoms with E-state index in [-0.39, 0.29) is 34.0 Å². The van der Waals surface area contributed by atoms with Crippen LogP contribution in [0.4, 0.5) is 0 Å². The van der Waals surface area contributed by atoms with E-state index in [1.54, 1.807) is 0 Å². The summed E-state index contributed by atoms with van der Waals surface area (Å²) in [4.78, 5) is 20.3. The molecule has 0 spiro atoms. The van der Waals surface area contributed by atoms with Crippen LogP contribution in [0.25, 0.3) is 0 Å². The van der Waals surface area contributed by atoms with Crippen LogP contribution in [0.1, 0.15) is 12.8 Å². The van der Waals surface area contributed by atoms with E-state index in [0.29, 0.717) is 0 Å². The summed E-state index contributed by atoms with van der Waals surface area (Å²) >= 11 is 7.00. The van der Waals surface area contributed by atoms with Gasteiger partial charge in [0.2, 0.25) is 0 Å². The minimum absolute atomic E-state index is 0.127. The molecule has 6 nitrogen and oxygen atoms in total. The van der Waals surface area contributed by atoms with Crippen molar-refractivity contribution in [2.75, 3.05) is 0 Å². The molecular weight excluding hydrogens is 423 g/mol. The van der Waals surface area contributed by atoms with Gasteiger partial charge in [-0.3, -0.25) is 0 Å². The number of carboxylic acid groups (broad SMARTS) is 2.